The summed E-state index contributed by atoms with van der Waals surface area (Å²) in [6.45, 7) is 0.981. The van der Waals surface area contributed by atoms with Gasteiger partial charge in [0.1, 0.15) is 9.84 Å². The van der Waals surface area contributed by atoms with Gasteiger partial charge in [-0.2, -0.15) is 0 Å². The van der Waals surface area contributed by atoms with E-state index in [2.05, 4.69) is 0 Å². The van der Waals surface area contributed by atoms with Gasteiger partial charge in [-0.3, -0.25) is 9.00 Å². The van der Waals surface area contributed by atoms with Crippen molar-refractivity contribution in [3.63, 3.8) is 0 Å². The molecule has 7 heteroatoms. The minimum absolute atomic E-state index is 0.0398. The van der Waals surface area contributed by atoms with Crippen LogP contribution in [0.15, 0.2) is 0 Å². The van der Waals surface area contributed by atoms with Gasteiger partial charge < -0.3 is 4.74 Å². The second-order valence-corrected chi connectivity index (χ2v) is 7.78. The molecule has 94 valence electrons. The highest BCUT2D eigenvalue weighted by atomic mass is 32.2. The highest BCUT2D eigenvalue weighted by Crippen LogP contribution is 2.13. The van der Waals surface area contributed by atoms with Crippen LogP contribution in [0, 0.1) is 5.92 Å². The Hall–Kier alpha value is -0.270. The molecular weight excluding hydrogens is 252 g/mol. The molecule has 2 unspecified atom stereocenters. The summed E-state index contributed by atoms with van der Waals surface area (Å²) in [5.74, 6) is -0.373. The van der Waals surface area contributed by atoms with Crippen LogP contribution in [-0.2, 0) is 30.2 Å². The molecule has 1 saturated heterocycles. The summed E-state index contributed by atoms with van der Waals surface area (Å²) in [4.78, 5) is 11.6. The molecule has 0 N–H and O–H groups in total. The number of hydrogen-bond donors (Lipinski definition) is 0. The molecule has 0 aromatic carbocycles. The molecule has 2 atom stereocenters. The summed E-state index contributed by atoms with van der Waals surface area (Å²) >= 11 is 0. The predicted octanol–water partition coefficient (Wildman–Crippen LogP) is -0.615. The molecule has 1 heterocycles. The maximum Gasteiger partial charge on any atom is 0.150 e. The molecule has 1 fully saturated rings. The zero-order valence-corrected chi connectivity index (χ0v) is 10.8. The number of sulfone groups is 1. The molecule has 1 rings (SSSR count). The lowest BCUT2D eigenvalue weighted by molar-refractivity contribution is -0.120. The smallest absolute Gasteiger partial charge is 0.150 e. The molecular formula is C9H16O5S2. The first-order valence-electron chi connectivity index (χ1n) is 5.01. The Bertz CT molecular complexity index is 367. The van der Waals surface area contributed by atoms with Crippen molar-refractivity contribution in [1.82, 2.24) is 0 Å². The minimum Gasteiger partial charge on any atom is -0.381 e. The molecule has 1 aliphatic rings. The van der Waals surface area contributed by atoms with Crippen molar-refractivity contribution >= 4 is 26.4 Å². The molecule has 0 spiro atoms. The van der Waals surface area contributed by atoms with Crippen LogP contribution < -0.4 is 0 Å². The monoisotopic (exact) mass is 268 g/mol. The standard InChI is InChI=1S/C9H16O5S2/c1-16(12,13)5-4-15(11)7-9(10)8-2-3-14-6-8/h8H,2-7H2,1H3. The zero-order chi connectivity index (χ0) is 12.2. The van der Waals surface area contributed by atoms with Crippen molar-refractivity contribution in [3.05, 3.63) is 0 Å². The van der Waals surface area contributed by atoms with Crippen molar-refractivity contribution in [2.24, 2.45) is 5.92 Å². The minimum atomic E-state index is -3.10. The Morgan fingerprint density at radius 2 is 2.19 bits per heavy atom. The van der Waals surface area contributed by atoms with E-state index >= 15 is 0 Å². The average Bonchev–Trinajstić information content (AvgIpc) is 2.66. The lowest BCUT2D eigenvalue weighted by atomic mass is 10.1. The van der Waals surface area contributed by atoms with E-state index in [-0.39, 0.29) is 29.0 Å². The lowest BCUT2D eigenvalue weighted by Crippen LogP contribution is -2.24. The highest BCUT2D eigenvalue weighted by molar-refractivity contribution is 7.92. The fourth-order valence-electron chi connectivity index (χ4n) is 1.38. The van der Waals surface area contributed by atoms with Gasteiger partial charge >= 0.3 is 0 Å². The maximum atomic E-state index is 11.6. The van der Waals surface area contributed by atoms with Gasteiger partial charge in [0.2, 0.25) is 0 Å². The molecule has 0 bridgehead atoms. The van der Waals surface area contributed by atoms with Gasteiger partial charge in [0.15, 0.2) is 5.78 Å². The summed E-state index contributed by atoms with van der Waals surface area (Å²) in [5.41, 5.74) is 0. The van der Waals surface area contributed by atoms with E-state index in [1.54, 1.807) is 0 Å². The maximum absolute atomic E-state index is 11.6. The summed E-state index contributed by atoms with van der Waals surface area (Å²) < 4.78 is 38.2. The molecule has 1 aliphatic heterocycles. The topological polar surface area (TPSA) is 77.5 Å². The van der Waals surface area contributed by atoms with E-state index < -0.39 is 20.6 Å². The molecule has 0 amide bonds. The molecule has 0 saturated carbocycles. The number of ether oxygens (including phenoxy) is 1. The zero-order valence-electron chi connectivity index (χ0n) is 9.18. The van der Waals surface area contributed by atoms with E-state index in [4.69, 9.17) is 4.74 Å². The molecule has 5 nitrogen and oxygen atoms in total. The van der Waals surface area contributed by atoms with Gasteiger partial charge in [0, 0.05) is 35.3 Å². The van der Waals surface area contributed by atoms with E-state index in [9.17, 15) is 17.4 Å². The van der Waals surface area contributed by atoms with Crippen molar-refractivity contribution in [3.8, 4) is 0 Å². The van der Waals surface area contributed by atoms with Crippen LogP contribution in [0.2, 0.25) is 0 Å². The summed E-state index contributed by atoms with van der Waals surface area (Å²) in [5, 5.41) is 0. The van der Waals surface area contributed by atoms with Gasteiger partial charge in [-0.25, -0.2) is 8.42 Å². The SMILES string of the molecule is CS(=O)(=O)CCS(=O)CC(=O)C1CCOC1. The normalized spacial score (nSPS) is 23.2. The fourth-order valence-corrected chi connectivity index (χ4v) is 4.03. The summed E-state index contributed by atoms with van der Waals surface area (Å²) in [6.07, 6.45) is 1.78. The largest absolute Gasteiger partial charge is 0.381 e. The fraction of sp³-hybridized carbons (Fsp3) is 0.889. The van der Waals surface area contributed by atoms with Crippen LogP contribution in [0.5, 0.6) is 0 Å². The molecule has 16 heavy (non-hydrogen) atoms. The van der Waals surface area contributed by atoms with Crippen LogP contribution in [-0.4, -0.2) is 55.1 Å². The summed E-state index contributed by atoms with van der Waals surface area (Å²) in [7, 11) is -4.48. The van der Waals surface area contributed by atoms with Gasteiger partial charge in [0.05, 0.1) is 18.1 Å². The Balaban J connectivity index is 2.31. The molecule has 0 aliphatic carbocycles. The van der Waals surface area contributed by atoms with Crippen LogP contribution in [0.4, 0.5) is 0 Å². The van der Waals surface area contributed by atoms with E-state index in [1.165, 1.54) is 0 Å². The first-order chi connectivity index (χ1) is 7.38. The van der Waals surface area contributed by atoms with Gasteiger partial charge in [-0.15, -0.1) is 0 Å². The van der Waals surface area contributed by atoms with Crippen LogP contribution >= 0.6 is 0 Å². The first-order valence-corrected chi connectivity index (χ1v) is 8.56. The Labute approximate surface area is 97.9 Å². The quantitative estimate of drug-likeness (QED) is 0.642. The third-order valence-electron chi connectivity index (χ3n) is 2.37. The Morgan fingerprint density at radius 1 is 1.50 bits per heavy atom. The van der Waals surface area contributed by atoms with Gasteiger partial charge in [0.25, 0.3) is 0 Å². The number of carbonyl (C=O) groups is 1. The van der Waals surface area contributed by atoms with Gasteiger partial charge in [-0.05, 0) is 6.42 Å². The van der Waals surface area contributed by atoms with Crippen LogP contribution in [0.25, 0.3) is 0 Å². The lowest BCUT2D eigenvalue weighted by Gasteiger charge is -2.05. The number of ketones is 1. The van der Waals surface area contributed by atoms with Crippen LogP contribution in [0.1, 0.15) is 6.42 Å². The number of rotatable bonds is 6. The van der Waals surface area contributed by atoms with Crippen molar-refractivity contribution in [1.29, 1.82) is 0 Å². The third kappa shape index (κ3) is 5.18. The third-order valence-corrected chi connectivity index (χ3v) is 4.84. The van der Waals surface area contributed by atoms with E-state index in [1.807, 2.05) is 0 Å². The van der Waals surface area contributed by atoms with E-state index in [0.29, 0.717) is 19.6 Å². The molecule has 0 aromatic heterocycles. The molecule has 0 aromatic rings. The van der Waals surface area contributed by atoms with Crippen LogP contribution in [0.3, 0.4) is 0 Å². The number of hydrogen-bond acceptors (Lipinski definition) is 5. The predicted molar refractivity (Wildman–Crippen MR) is 61.5 cm³/mol. The molecule has 0 radical (unpaired) electrons. The van der Waals surface area contributed by atoms with Gasteiger partial charge in [-0.1, -0.05) is 0 Å². The number of Topliss-reactive ketones (excluding diaryl/α,β-unsaturated/α-hetero) is 1. The average molecular weight is 268 g/mol. The van der Waals surface area contributed by atoms with Crippen molar-refractivity contribution < 1.29 is 22.2 Å². The Morgan fingerprint density at radius 3 is 2.69 bits per heavy atom. The second kappa shape index (κ2) is 5.88. The highest BCUT2D eigenvalue weighted by Gasteiger charge is 2.24. The summed E-state index contributed by atoms with van der Waals surface area (Å²) in [6, 6.07) is 0. The first kappa shape index (κ1) is 13.8. The Kier molecular flexibility index (Phi) is 5.07. The van der Waals surface area contributed by atoms with Crippen molar-refractivity contribution in [2.45, 2.75) is 6.42 Å². The second-order valence-electron chi connectivity index (χ2n) is 3.94. The number of carbonyl (C=O) groups excluding carboxylic acids is 1. The van der Waals surface area contributed by atoms with E-state index in [0.717, 1.165) is 6.26 Å². The van der Waals surface area contributed by atoms with Crippen molar-refractivity contribution in [2.75, 3.05) is 36.7 Å².